The zero-order chi connectivity index (χ0) is 58.4. The van der Waals surface area contributed by atoms with Crippen LogP contribution in [-0.2, 0) is 24.0 Å². The molecule has 24 nitrogen and oxygen atoms in total. The van der Waals surface area contributed by atoms with Crippen molar-refractivity contribution in [3.8, 4) is 0 Å². The minimum Gasteiger partial charge on any atom is -0.352 e. The van der Waals surface area contributed by atoms with Crippen molar-refractivity contribution in [3.63, 3.8) is 0 Å². The Hall–Kier alpha value is -3.39. The predicted octanol–water partition coefficient (Wildman–Crippen LogP) is 7.19. The van der Waals surface area contributed by atoms with E-state index in [1.165, 1.54) is 71.5 Å². The summed E-state index contributed by atoms with van der Waals surface area (Å²) in [6.07, 6.45) is 6.66. The number of amides is 4. The van der Waals surface area contributed by atoms with E-state index in [1.807, 2.05) is 0 Å². The van der Waals surface area contributed by atoms with Crippen molar-refractivity contribution in [2.75, 3.05) is 89.9 Å². The standard InChI is InChI=1S/2C10H13BrN4OS.C9H10BrF2N3OS.2C8H11BrN4OS/c2*1-6(16)12-7-4-15(5-10(7)2-3-10)9-14-13-8(11)17-9;1-5(16)2-6-3-15(4-9(6,11)12)8-14-13-7(10)17-8;2*1-5(14)10-6-2-3-13(4-6)8-12-11-7(9)15-8/h2*7H,2-5H2,1H3,(H,12,16);6H,2-4H2,1H3;2*6H,2-4H2,1H3,(H,10,14)/t2*7-;;2*6-/m10.10/s1. The lowest BCUT2D eigenvalue weighted by atomic mass is 9.99. The quantitative estimate of drug-likeness (QED) is 0.102. The maximum Gasteiger partial charge on any atom is 0.270 e. The van der Waals surface area contributed by atoms with Crippen LogP contribution < -0.4 is 45.8 Å². The number of hydrogen-bond acceptors (Lipinski definition) is 25. The average Bonchev–Trinajstić information content (AvgIpc) is 4.23. The van der Waals surface area contributed by atoms with Crippen LogP contribution in [0.25, 0.3) is 0 Å². The Kier molecular flexibility index (Phi) is 21.8. The Morgan fingerprint density at radius 2 is 0.765 bits per heavy atom. The zero-order valence-corrected chi connectivity index (χ0v) is 56.4. The van der Waals surface area contributed by atoms with Crippen LogP contribution >= 0.6 is 136 Å². The number of nitrogens with zero attached hydrogens (tertiary/aromatic N) is 15. The van der Waals surface area contributed by atoms with Gasteiger partial charge in [0.15, 0.2) is 19.6 Å². The molecule has 5 aromatic rings. The molecular formula is C45H58Br5F2N19O5S5. The fourth-order valence-electron chi connectivity index (χ4n) is 10.3. The number of hydrogen-bond donors (Lipinski definition) is 4. The largest absolute Gasteiger partial charge is 0.352 e. The number of anilines is 5. The lowest BCUT2D eigenvalue weighted by Gasteiger charge is -2.16. The van der Waals surface area contributed by atoms with Gasteiger partial charge in [-0.3, -0.25) is 19.2 Å². The summed E-state index contributed by atoms with van der Waals surface area (Å²) < 4.78 is 31.1. The Morgan fingerprint density at radius 3 is 1.04 bits per heavy atom. The molecule has 12 rings (SSSR count). The summed E-state index contributed by atoms with van der Waals surface area (Å²) in [4.78, 5) is 65.3. The zero-order valence-electron chi connectivity index (χ0n) is 44.3. The minimum atomic E-state index is -2.84. The third kappa shape index (κ3) is 17.8. The molecule has 0 bridgehead atoms. The molecule has 36 heteroatoms. The van der Waals surface area contributed by atoms with E-state index < -0.39 is 18.4 Å². The molecule has 442 valence electrons. The number of rotatable bonds is 11. The lowest BCUT2D eigenvalue weighted by Crippen LogP contribution is -2.40. The van der Waals surface area contributed by atoms with Gasteiger partial charge in [0.05, 0.1) is 18.6 Å². The Balaban J connectivity index is 0.000000133. The van der Waals surface area contributed by atoms with Gasteiger partial charge in [0, 0.05) is 122 Å². The first kappa shape index (κ1) is 63.6. The minimum absolute atomic E-state index is 0.0281. The molecule has 10 heterocycles. The molecule has 4 N–H and O–H groups in total. The summed E-state index contributed by atoms with van der Waals surface area (Å²) in [5.41, 5.74) is 0.591. The normalized spacial score (nSPS) is 23.1. The van der Waals surface area contributed by atoms with E-state index in [2.05, 4.69) is 172 Å². The van der Waals surface area contributed by atoms with Crippen LogP contribution in [0.1, 0.15) is 79.6 Å². The van der Waals surface area contributed by atoms with Crippen LogP contribution in [0.15, 0.2) is 19.6 Å². The predicted molar refractivity (Wildman–Crippen MR) is 326 cm³/mol. The highest BCUT2D eigenvalue weighted by Gasteiger charge is 2.57. The molecule has 7 aliphatic rings. The number of nitrogens with one attached hydrogen (secondary N) is 4. The van der Waals surface area contributed by atoms with Crippen LogP contribution in [-0.4, -0.2) is 176 Å². The van der Waals surface area contributed by atoms with Gasteiger partial charge >= 0.3 is 0 Å². The van der Waals surface area contributed by atoms with Gasteiger partial charge in [-0.2, -0.15) is 0 Å². The summed E-state index contributed by atoms with van der Waals surface area (Å²) in [6.45, 7) is 14.5. The monoisotopic (exact) mass is 1540 g/mol. The molecular weight excluding hydrogens is 1480 g/mol. The van der Waals surface area contributed by atoms with E-state index in [1.54, 1.807) is 50.4 Å². The lowest BCUT2D eigenvalue weighted by molar-refractivity contribution is -0.121. The first-order valence-corrected chi connectivity index (χ1v) is 33.6. The summed E-state index contributed by atoms with van der Waals surface area (Å²) in [7, 11) is 0. The van der Waals surface area contributed by atoms with Crippen LogP contribution in [0.5, 0.6) is 0 Å². The third-order valence-electron chi connectivity index (χ3n) is 14.3. The molecule has 2 aliphatic carbocycles. The molecule has 5 aromatic heterocycles. The fourth-order valence-corrected chi connectivity index (χ4v) is 15.8. The number of carbonyl (C=O) groups excluding carboxylic acids is 5. The molecule has 5 saturated heterocycles. The van der Waals surface area contributed by atoms with Crippen molar-refractivity contribution in [1.82, 2.24) is 72.3 Å². The third-order valence-corrected chi connectivity index (χ3v) is 21.4. The second-order valence-corrected chi connectivity index (χ2v) is 31.8. The molecule has 5 aliphatic heterocycles. The van der Waals surface area contributed by atoms with E-state index >= 15 is 0 Å². The van der Waals surface area contributed by atoms with Gasteiger partial charge in [-0.15, -0.1) is 51.0 Å². The van der Waals surface area contributed by atoms with Gasteiger partial charge in [0.25, 0.3) is 5.92 Å². The van der Waals surface area contributed by atoms with Crippen LogP contribution in [0.2, 0.25) is 0 Å². The maximum absolute atomic E-state index is 13.7. The maximum atomic E-state index is 13.7. The number of halogens is 7. The van der Waals surface area contributed by atoms with E-state index in [0.717, 1.165) is 101 Å². The number of carbonyl (C=O) groups is 5. The SMILES string of the molecule is CC(=O)CC1CN(c2nnc(Br)s2)CC1(F)F.CC(=O)N[C@@H]1CCN(c2nnc(Br)s2)C1.CC(=O)N[C@@H]1CN(c2nnc(Br)s2)CC12CC2.CC(=O)N[C@H]1CCN(c2nnc(Br)s2)C1.CC(=O)N[C@H]1CN(c2nnc(Br)s2)CC12CC2. The number of aromatic nitrogens is 10. The number of alkyl halides is 2. The summed E-state index contributed by atoms with van der Waals surface area (Å²) in [5, 5.41) is 55.8. The first-order chi connectivity index (χ1) is 38.4. The smallest absolute Gasteiger partial charge is 0.270 e. The number of ketones is 1. The highest BCUT2D eigenvalue weighted by molar-refractivity contribution is 9.11. The van der Waals surface area contributed by atoms with Crippen molar-refractivity contribution in [2.24, 2.45) is 16.7 Å². The van der Waals surface area contributed by atoms with Gasteiger partial charge in [-0.25, -0.2) is 8.78 Å². The van der Waals surface area contributed by atoms with Crippen LogP contribution in [0.3, 0.4) is 0 Å². The Morgan fingerprint density at radius 1 is 0.457 bits per heavy atom. The Labute approximate surface area is 527 Å². The van der Waals surface area contributed by atoms with Crippen LogP contribution in [0.4, 0.5) is 34.4 Å². The second-order valence-electron chi connectivity index (χ2n) is 20.7. The van der Waals surface area contributed by atoms with Crippen molar-refractivity contribution in [2.45, 2.75) is 110 Å². The van der Waals surface area contributed by atoms with Crippen molar-refractivity contribution in [3.05, 3.63) is 19.6 Å². The molecule has 1 unspecified atom stereocenters. The van der Waals surface area contributed by atoms with E-state index in [9.17, 15) is 32.8 Å². The number of Topliss-reactive ketones (excluding diaryl/α,β-unsaturated/α-hetero) is 1. The van der Waals surface area contributed by atoms with Crippen LogP contribution in [0, 0.1) is 16.7 Å². The highest BCUT2D eigenvalue weighted by Crippen LogP contribution is 2.55. The molecule has 4 amide bonds. The summed E-state index contributed by atoms with van der Waals surface area (Å²) in [6, 6.07) is 1.01. The topological polar surface area (TPSA) is 279 Å². The highest BCUT2D eigenvalue weighted by atomic mass is 79.9. The van der Waals surface area contributed by atoms with E-state index in [-0.39, 0.29) is 66.5 Å². The summed E-state index contributed by atoms with van der Waals surface area (Å²) >= 11 is 23.7. The van der Waals surface area contributed by atoms with Crippen molar-refractivity contribution >= 4 is 191 Å². The van der Waals surface area contributed by atoms with Crippen molar-refractivity contribution in [1.29, 1.82) is 0 Å². The molecule has 2 spiro atoms. The second kappa shape index (κ2) is 27.8. The van der Waals surface area contributed by atoms with E-state index in [0.29, 0.717) is 19.9 Å². The summed E-state index contributed by atoms with van der Waals surface area (Å²) in [5.74, 6) is -3.81. The first-order valence-electron chi connectivity index (χ1n) is 25.5. The molecule has 0 radical (unpaired) electrons. The van der Waals surface area contributed by atoms with Gasteiger partial charge in [0.2, 0.25) is 49.3 Å². The van der Waals surface area contributed by atoms with Gasteiger partial charge in [-0.05, 0) is 125 Å². The fraction of sp³-hybridized carbons (Fsp3) is 0.667. The van der Waals surface area contributed by atoms with Crippen molar-refractivity contribution < 1.29 is 32.8 Å². The molecule has 7 fully saturated rings. The van der Waals surface area contributed by atoms with E-state index in [4.69, 9.17) is 0 Å². The molecule has 5 atom stereocenters. The van der Waals surface area contributed by atoms with Gasteiger partial charge in [-0.1, -0.05) is 56.7 Å². The molecule has 0 aromatic carbocycles. The Bertz CT molecular complexity index is 2750. The molecule has 2 saturated carbocycles. The average molecular weight is 1540 g/mol. The van der Waals surface area contributed by atoms with Gasteiger partial charge in [0.1, 0.15) is 5.78 Å². The van der Waals surface area contributed by atoms with Gasteiger partial charge < -0.3 is 50.6 Å². The molecule has 81 heavy (non-hydrogen) atoms.